The highest BCUT2D eigenvalue weighted by molar-refractivity contribution is 5.89. The van der Waals surface area contributed by atoms with Crippen molar-refractivity contribution in [1.82, 2.24) is 0 Å². The molecule has 17 heavy (non-hydrogen) atoms. The third kappa shape index (κ3) is 1.40. The number of fused-ring (bicyclic) bond motifs is 3. The molecule has 0 fully saturated rings. The van der Waals surface area contributed by atoms with Crippen molar-refractivity contribution in [3.8, 4) is 0 Å². The first-order chi connectivity index (χ1) is 8.00. The monoisotopic (exact) mass is 229 g/mol. The average Bonchev–Trinajstić information content (AvgIpc) is 2.49. The third-order valence-electron chi connectivity index (χ3n) is 3.83. The van der Waals surface area contributed by atoms with Gasteiger partial charge in [-0.15, -0.1) is 0 Å². The first kappa shape index (κ1) is 10.7. The van der Waals surface area contributed by atoms with Crippen LogP contribution in [-0.4, -0.2) is 0 Å². The summed E-state index contributed by atoms with van der Waals surface area (Å²) in [7, 11) is 0. The van der Waals surface area contributed by atoms with Crippen molar-refractivity contribution in [2.45, 2.75) is 31.7 Å². The molecule has 1 unspecified atom stereocenters. The zero-order chi connectivity index (χ0) is 12.2. The summed E-state index contributed by atoms with van der Waals surface area (Å²) in [5.74, 6) is -0.160. The molecule has 0 bridgehead atoms. The van der Waals surface area contributed by atoms with Gasteiger partial charge in [-0.1, -0.05) is 38.1 Å². The van der Waals surface area contributed by atoms with E-state index in [2.05, 4.69) is 13.8 Å². The Bertz CT molecular complexity index is 601. The van der Waals surface area contributed by atoms with E-state index in [1.165, 1.54) is 5.56 Å². The molecule has 0 saturated carbocycles. The molecule has 2 N–H and O–H groups in total. The van der Waals surface area contributed by atoms with Crippen LogP contribution in [0, 0.1) is 5.82 Å². The SMILES string of the molecule is CC1(C)CC(N)c2cc(F)c3ccccc3c21. The van der Waals surface area contributed by atoms with Crippen LogP contribution in [0.4, 0.5) is 4.39 Å². The summed E-state index contributed by atoms with van der Waals surface area (Å²) in [5, 5.41) is 1.72. The van der Waals surface area contributed by atoms with Crippen LogP contribution in [0.5, 0.6) is 0 Å². The number of nitrogens with two attached hydrogens (primary N) is 1. The molecule has 1 nitrogen and oxygen atoms in total. The second-order valence-electron chi connectivity index (χ2n) is 5.56. The summed E-state index contributed by atoms with van der Waals surface area (Å²) < 4.78 is 14.0. The van der Waals surface area contributed by atoms with E-state index in [1.807, 2.05) is 24.3 Å². The third-order valence-corrected chi connectivity index (χ3v) is 3.83. The second kappa shape index (κ2) is 3.30. The minimum atomic E-state index is -0.160. The fourth-order valence-electron chi connectivity index (χ4n) is 3.16. The zero-order valence-electron chi connectivity index (χ0n) is 10.1. The molecule has 2 aromatic carbocycles. The van der Waals surface area contributed by atoms with E-state index < -0.39 is 0 Å². The van der Waals surface area contributed by atoms with Crippen LogP contribution < -0.4 is 5.73 Å². The van der Waals surface area contributed by atoms with Gasteiger partial charge in [0.1, 0.15) is 5.82 Å². The first-order valence-corrected chi connectivity index (χ1v) is 5.98. The fourth-order valence-corrected chi connectivity index (χ4v) is 3.16. The van der Waals surface area contributed by atoms with Crippen LogP contribution >= 0.6 is 0 Å². The summed E-state index contributed by atoms with van der Waals surface area (Å²) in [5.41, 5.74) is 8.35. The van der Waals surface area contributed by atoms with E-state index in [-0.39, 0.29) is 17.3 Å². The number of hydrogen-bond donors (Lipinski definition) is 1. The number of rotatable bonds is 0. The zero-order valence-corrected chi connectivity index (χ0v) is 10.1. The van der Waals surface area contributed by atoms with Gasteiger partial charge in [0.15, 0.2) is 0 Å². The minimum absolute atomic E-state index is 0.0298. The molecule has 0 radical (unpaired) electrons. The molecule has 0 heterocycles. The topological polar surface area (TPSA) is 26.0 Å². The van der Waals surface area contributed by atoms with Crippen molar-refractivity contribution in [2.75, 3.05) is 0 Å². The lowest BCUT2D eigenvalue weighted by molar-refractivity contribution is 0.483. The van der Waals surface area contributed by atoms with Gasteiger partial charge in [-0.2, -0.15) is 0 Å². The molecule has 1 aliphatic rings. The smallest absolute Gasteiger partial charge is 0.131 e. The van der Waals surface area contributed by atoms with Crippen LogP contribution in [0.3, 0.4) is 0 Å². The maximum absolute atomic E-state index is 14.0. The summed E-state index contributed by atoms with van der Waals surface area (Å²) >= 11 is 0. The Morgan fingerprint density at radius 2 is 1.88 bits per heavy atom. The van der Waals surface area contributed by atoms with E-state index in [9.17, 15) is 4.39 Å². The maximum atomic E-state index is 14.0. The Morgan fingerprint density at radius 1 is 1.24 bits per heavy atom. The van der Waals surface area contributed by atoms with E-state index in [0.29, 0.717) is 5.39 Å². The predicted molar refractivity (Wildman–Crippen MR) is 68.5 cm³/mol. The van der Waals surface area contributed by atoms with Gasteiger partial charge >= 0.3 is 0 Å². The lowest BCUT2D eigenvalue weighted by Gasteiger charge is -2.21. The molecule has 2 heteroatoms. The molecule has 2 aromatic rings. The quantitative estimate of drug-likeness (QED) is 0.733. The molecule has 0 amide bonds. The van der Waals surface area contributed by atoms with Gasteiger partial charge in [-0.05, 0) is 34.4 Å². The van der Waals surface area contributed by atoms with Gasteiger partial charge < -0.3 is 5.73 Å². The maximum Gasteiger partial charge on any atom is 0.131 e. The highest BCUT2D eigenvalue weighted by atomic mass is 19.1. The van der Waals surface area contributed by atoms with Crippen molar-refractivity contribution in [3.05, 3.63) is 47.3 Å². The molecule has 0 aliphatic heterocycles. The molecular weight excluding hydrogens is 213 g/mol. The van der Waals surface area contributed by atoms with Gasteiger partial charge in [-0.25, -0.2) is 4.39 Å². The fraction of sp³-hybridized carbons (Fsp3) is 0.333. The van der Waals surface area contributed by atoms with Gasteiger partial charge in [-0.3, -0.25) is 0 Å². The predicted octanol–water partition coefficient (Wildman–Crippen LogP) is 3.66. The second-order valence-corrected chi connectivity index (χ2v) is 5.56. The van der Waals surface area contributed by atoms with Crippen LogP contribution in [0.1, 0.15) is 37.4 Å². The summed E-state index contributed by atoms with van der Waals surface area (Å²) in [4.78, 5) is 0. The van der Waals surface area contributed by atoms with Crippen molar-refractivity contribution >= 4 is 10.8 Å². The molecular formula is C15H16FN. The summed E-state index contributed by atoms with van der Waals surface area (Å²) in [6.45, 7) is 4.37. The van der Waals surface area contributed by atoms with Gasteiger partial charge in [0, 0.05) is 11.4 Å². The van der Waals surface area contributed by atoms with Crippen molar-refractivity contribution < 1.29 is 4.39 Å². The van der Waals surface area contributed by atoms with Crippen LogP contribution in [-0.2, 0) is 5.41 Å². The summed E-state index contributed by atoms with van der Waals surface area (Å²) in [6.07, 6.45) is 0.885. The first-order valence-electron chi connectivity index (χ1n) is 5.98. The molecule has 0 aromatic heterocycles. The highest BCUT2D eigenvalue weighted by Gasteiger charge is 2.37. The summed E-state index contributed by atoms with van der Waals surface area (Å²) in [6, 6.07) is 9.25. The minimum Gasteiger partial charge on any atom is -0.324 e. The van der Waals surface area contributed by atoms with Crippen LogP contribution in [0.2, 0.25) is 0 Å². The van der Waals surface area contributed by atoms with E-state index in [4.69, 9.17) is 5.73 Å². The Labute approximate surface area is 100 Å². The number of benzene rings is 2. The Kier molecular flexibility index (Phi) is 2.08. The average molecular weight is 229 g/mol. The van der Waals surface area contributed by atoms with E-state index in [0.717, 1.165) is 17.4 Å². The molecule has 88 valence electrons. The molecule has 0 saturated heterocycles. The highest BCUT2D eigenvalue weighted by Crippen LogP contribution is 2.47. The normalized spacial score (nSPS) is 21.8. The lowest BCUT2D eigenvalue weighted by atomic mass is 9.83. The van der Waals surface area contributed by atoms with Crippen LogP contribution in [0.15, 0.2) is 30.3 Å². The van der Waals surface area contributed by atoms with Gasteiger partial charge in [0.25, 0.3) is 0 Å². The van der Waals surface area contributed by atoms with Gasteiger partial charge in [0.2, 0.25) is 0 Å². The molecule has 1 atom stereocenters. The molecule has 0 spiro atoms. The molecule has 3 rings (SSSR count). The Morgan fingerprint density at radius 3 is 2.59 bits per heavy atom. The Hall–Kier alpha value is -1.41. The van der Waals surface area contributed by atoms with E-state index in [1.54, 1.807) is 6.07 Å². The Balaban J connectivity index is 2.47. The van der Waals surface area contributed by atoms with Gasteiger partial charge in [0.05, 0.1) is 0 Å². The van der Waals surface area contributed by atoms with Crippen molar-refractivity contribution in [3.63, 3.8) is 0 Å². The van der Waals surface area contributed by atoms with E-state index >= 15 is 0 Å². The molecule has 1 aliphatic carbocycles. The number of halogens is 1. The lowest BCUT2D eigenvalue weighted by Crippen LogP contribution is -2.14. The van der Waals surface area contributed by atoms with Crippen molar-refractivity contribution in [2.24, 2.45) is 5.73 Å². The van der Waals surface area contributed by atoms with Crippen molar-refractivity contribution in [1.29, 1.82) is 0 Å². The van der Waals surface area contributed by atoms with Crippen LogP contribution in [0.25, 0.3) is 10.8 Å². The largest absolute Gasteiger partial charge is 0.324 e. The number of hydrogen-bond acceptors (Lipinski definition) is 1. The standard InChI is InChI=1S/C15H16FN/c1-15(2)8-13(17)11-7-12(16)9-5-3-4-6-10(9)14(11)15/h3-7,13H,8,17H2,1-2H3.